The number of hydrogen-bond acceptors (Lipinski definition) is 4. The van der Waals surface area contributed by atoms with E-state index in [0.717, 1.165) is 46.5 Å². The lowest BCUT2D eigenvalue weighted by Crippen LogP contribution is -2.30. The van der Waals surface area contributed by atoms with Crippen LogP contribution in [0.2, 0.25) is 0 Å². The number of para-hydroxylation sites is 1. The number of nitrogens with zero attached hydrogens (tertiary/aromatic N) is 1. The molecule has 0 unspecified atom stereocenters. The van der Waals surface area contributed by atoms with Gasteiger partial charge in [0.15, 0.2) is 5.11 Å². The minimum Gasteiger partial charge on any atom is -0.362 e. The van der Waals surface area contributed by atoms with E-state index in [-0.39, 0.29) is 0 Å². The van der Waals surface area contributed by atoms with Gasteiger partial charge in [-0.2, -0.15) is 11.8 Å². The standard InChI is InChI=1S/C20H23N5S2/c1-15-19(23-14-22-15)13-27-12-11-21-20(26)25-18-9-7-17(8-10-18)24-16-5-3-2-4-6-16/h2-10,14,24H,11-13H2,1H3,(H,22,23)(H2,21,25,26). The van der Waals surface area contributed by atoms with Gasteiger partial charge >= 0.3 is 0 Å². The van der Waals surface area contributed by atoms with E-state index in [4.69, 9.17) is 12.2 Å². The van der Waals surface area contributed by atoms with Crippen molar-refractivity contribution in [3.63, 3.8) is 0 Å². The predicted molar refractivity (Wildman–Crippen MR) is 120 cm³/mol. The van der Waals surface area contributed by atoms with E-state index in [2.05, 4.69) is 25.9 Å². The lowest BCUT2D eigenvalue weighted by molar-refractivity contribution is 0.989. The molecule has 3 rings (SSSR count). The first-order valence-corrected chi connectivity index (χ1v) is 10.3. The summed E-state index contributed by atoms with van der Waals surface area (Å²) >= 11 is 7.20. The maximum Gasteiger partial charge on any atom is 0.170 e. The number of aryl methyl sites for hydroxylation is 1. The van der Waals surface area contributed by atoms with Crippen molar-refractivity contribution in [1.29, 1.82) is 0 Å². The quantitative estimate of drug-likeness (QED) is 0.327. The Kier molecular flexibility index (Phi) is 7.12. The van der Waals surface area contributed by atoms with E-state index in [1.54, 1.807) is 6.33 Å². The van der Waals surface area contributed by atoms with Crippen LogP contribution in [0.25, 0.3) is 0 Å². The number of H-pyrrole nitrogens is 1. The largest absolute Gasteiger partial charge is 0.362 e. The summed E-state index contributed by atoms with van der Waals surface area (Å²) in [6, 6.07) is 18.2. The van der Waals surface area contributed by atoms with Gasteiger partial charge in [-0.25, -0.2) is 4.98 Å². The van der Waals surface area contributed by atoms with Crippen molar-refractivity contribution < 1.29 is 0 Å². The number of anilines is 3. The molecule has 4 N–H and O–H groups in total. The van der Waals surface area contributed by atoms with E-state index in [9.17, 15) is 0 Å². The maximum atomic E-state index is 5.36. The van der Waals surface area contributed by atoms with Gasteiger partial charge in [-0.15, -0.1) is 0 Å². The molecule has 2 aromatic carbocycles. The number of rotatable bonds is 8. The second kappa shape index (κ2) is 9.99. The summed E-state index contributed by atoms with van der Waals surface area (Å²) in [7, 11) is 0. The molecule has 0 bridgehead atoms. The average Bonchev–Trinajstić information content (AvgIpc) is 3.09. The molecule has 1 heterocycles. The summed E-state index contributed by atoms with van der Waals surface area (Å²) < 4.78 is 0. The normalized spacial score (nSPS) is 10.4. The molecule has 0 aliphatic heterocycles. The van der Waals surface area contributed by atoms with E-state index in [1.807, 2.05) is 73.3 Å². The first-order valence-electron chi connectivity index (χ1n) is 8.74. The molecular formula is C20H23N5S2. The van der Waals surface area contributed by atoms with Crippen molar-refractivity contribution in [2.45, 2.75) is 12.7 Å². The average molecular weight is 398 g/mol. The molecule has 0 saturated carbocycles. The van der Waals surface area contributed by atoms with Gasteiger partial charge < -0.3 is 20.9 Å². The highest BCUT2D eigenvalue weighted by Gasteiger charge is 2.02. The molecule has 7 heteroatoms. The van der Waals surface area contributed by atoms with Crippen LogP contribution < -0.4 is 16.0 Å². The Balaban J connectivity index is 1.36. The number of nitrogens with one attached hydrogen (secondary N) is 4. The molecule has 0 fully saturated rings. The monoisotopic (exact) mass is 397 g/mol. The highest BCUT2D eigenvalue weighted by molar-refractivity contribution is 7.98. The first-order chi connectivity index (χ1) is 13.2. The highest BCUT2D eigenvalue weighted by Crippen LogP contribution is 2.18. The van der Waals surface area contributed by atoms with Crippen LogP contribution in [0.15, 0.2) is 60.9 Å². The Labute approximate surface area is 169 Å². The van der Waals surface area contributed by atoms with Gasteiger partial charge in [-0.1, -0.05) is 18.2 Å². The van der Waals surface area contributed by atoms with Gasteiger partial charge in [0.2, 0.25) is 0 Å². The van der Waals surface area contributed by atoms with E-state index in [1.165, 1.54) is 0 Å². The molecule has 5 nitrogen and oxygen atoms in total. The Morgan fingerprint density at radius 1 is 1.04 bits per heavy atom. The van der Waals surface area contributed by atoms with Crippen LogP contribution in [0.1, 0.15) is 11.4 Å². The van der Waals surface area contributed by atoms with Gasteiger partial charge in [0, 0.05) is 40.8 Å². The lowest BCUT2D eigenvalue weighted by Gasteiger charge is -2.11. The van der Waals surface area contributed by atoms with Crippen LogP contribution in [0.4, 0.5) is 17.1 Å². The maximum absolute atomic E-state index is 5.36. The molecule has 0 radical (unpaired) electrons. The van der Waals surface area contributed by atoms with E-state index >= 15 is 0 Å². The summed E-state index contributed by atoms with van der Waals surface area (Å²) in [5, 5.41) is 10.4. The number of imidazole rings is 1. The first kappa shape index (κ1) is 19.3. The summed E-state index contributed by atoms with van der Waals surface area (Å²) in [4.78, 5) is 7.39. The van der Waals surface area contributed by atoms with Gasteiger partial charge in [0.25, 0.3) is 0 Å². The minimum atomic E-state index is 0.635. The second-order valence-electron chi connectivity index (χ2n) is 5.98. The summed E-state index contributed by atoms with van der Waals surface area (Å²) in [5.41, 5.74) is 5.32. The third kappa shape index (κ3) is 6.30. The van der Waals surface area contributed by atoms with Crippen molar-refractivity contribution in [3.8, 4) is 0 Å². The van der Waals surface area contributed by atoms with E-state index in [0.29, 0.717) is 5.11 Å². The smallest absolute Gasteiger partial charge is 0.170 e. The fourth-order valence-corrected chi connectivity index (χ4v) is 3.53. The molecule has 140 valence electrons. The van der Waals surface area contributed by atoms with Crippen molar-refractivity contribution >= 4 is 46.2 Å². The van der Waals surface area contributed by atoms with Gasteiger partial charge in [0.05, 0.1) is 12.0 Å². The zero-order valence-corrected chi connectivity index (χ0v) is 16.8. The van der Waals surface area contributed by atoms with Crippen molar-refractivity contribution in [2.24, 2.45) is 0 Å². The molecule has 27 heavy (non-hydrogen) atoms. The van der Waals surface area contributed by atoms with Crippen molar-refractivity contribution in [3.05, 3.63) is 72.3 Å². The fraction of sp³-hybridized carbons (Fsp3) is 0.200. The Morgan fingerprint density at radius 2 is 1.74 bits per heavy atom. The molecule has 0 amide bonds. The van der Waals surface area contributed by atoms with Crippen LogP contribution in [0.5, 0.6) is 0 Å². The van der Waals surface area contributed by atoms with Crippen molar-refractivity contribution in [1.82, 2.24) is 15.3 Å². The Morgan fingerprint density at radius 3 is 2.44 bits per heavy atom. The number of aromatic amines is 1. The van der Waals surface area contributed by atoms with Gasteiger partial charge in [0.1, 0.15) is 0 Å². The topological polar surface area (TPSA) is 64.8 Å². The fourth-order valence-electron chi connectivity index (χ4n) is 2.44. The Bertz CT molecular complexity index is 846. The van der Waals surface area contributed by atoms with Crippen LogP contribution in [0, 0.1) is 6.92 Å². The summed E-state index contributed by atoms with van der Waals surface area (Å²) in [6.07, 6.45) is 1.74. The van der Waals surface area contributed by atoms with E-state index < -0.39 is 0 Å². The van der Waals surface area contributed by atoms with Crippen molar-refractivity contribution in [2.75, 3.05) is 22.9 Å². The third-order valence-electron chi connectivity index (χ3n) is 3.91. The number of aromatic nitrogens is 2. The molecule has 1 aromatic heterocycles. The minimum absolute atomic E-state index is 0.635. The molecule has 0 aliphatic rings. The van der Waals surface area contributed by atoms with Crippen LogP contribution in [0.3, 0.4) is 0 Å². The zero-order chi connectivity index (χ0) is 18.9. The van der Waals surface area contributed by atoms with Crippen LogP contribution in [-0.4, -0.2) is 27.4 Å². The number of hydrogen-bond donors (Lipinski definition) is 4. The number of thioether (sulfide) groups is 1. The lowest BCUT2D eigenvalue weighted by atomic mass is 10.2. The zero-order valence-electron chi connectivity index (χ0n) is 15.2. The number of thiocarbonyl (C=S) groups is 1. The molecule has 0 spiro atoms. The highest BCUT2D eigenvalue weighted by atomic mass is 32.2. The second-order valence-corrected chi connectivity index (χ2v) is 7.49. The van der Waals surface area contributed by atoms with Gasteiger partial charge in [-0.3, -0.25) is 0 Å². The van der Waals surface area contributed by atoms with Gasteiger partial charge in [-0.05, 0) is 55.5 Å². The van der Waals surface area contributed by atoms with Crippen LogP contribution in [-0.2, 0) is 5.75 Å². The summed E-state index contributed by atoms with van der Waals surface area (Å²) in [5.74, 6) is 1.88. The molecular weight excluding hydrogens is 374 g/mol. The molecule has 0 saturated heterocycles. The molecule has 0 aliphatic carbocycles. The Hall–Kier alpha value is -2.51. The summed E-state index contributed by atoms with van der Waals surface area (Å²) in [6.45, 7) is 2.86. The predicted octanol–water partition coefficient (Wildman–Crippen LogP) is 4.68. The SMILES string of the molecule is Cc1[nH]cnc1CSCCNC(=S)Nc1ccc(Nc2ccccc2)cc1. The van der Waals surface area contributed by atoms with Crippen LogP contribution >= 0.6 is 24.0 Å². The molecule has 3 aromatic rings. The number of benzene rings is 2. The molecule has 0 atom stereocenters. The third-order valence-corrected chi connectivity index (χ3v) is 5.13.